The van der Waals surface area contributed by atoms with Gasteiger partial charge in [0, 0.05) is 42.6 Å². The normalized spacial score (nSPS) is 12.7. The molecular formula is C33H35N5NaO10S2+. The van der Waals surface area contributed by atoms with Crippen LogP contribution in [-0.2, 0) is 20.2 Å². The van der Waals surface area contributed by atoms with E-state index in [2.05, 4.69) is 14.8 Å². The minimum absolute atomic E-state index is 0. The molecule has 264 valence electrons. The molecule has 18 heteroatoms. The number of allylic oxidation sites excluding steroid dienone is 5. The average molecular weight is 749 g/mol. The molecular weight excluding hydrogens is 714 g/mol. The van der Waals surface area contributed by atoms with Crippen LogP contribution in [0.5, 0.6) is 0 Å². The largest absolute Gasteiger partial charge is 1.00 e. The first-order valence-electron chi connectivity index (χ1n) is 15.4. The van der Waals surface area contributed by atoms with E-state index in [1.165, 1.54) is 0 Å². The third kappa shape index (κ3) is 9.36. The van der Waals surface area contributed by atoms with Gasteiger partial charge in [-0.05, 0) is 86.9 Å². The summed E-state index contributed by atoms with van der Waals surface area (Å²) in [6.07, 6.45) is 7.08. The van der Waals surface area contributed by atoms with Crippen LogP contribution in [0.2, 0.25) is 0 Å². The number of nitrogens with zero attached hydrogens (tertiary/aromatic N) is 4. The van der Waals surface area contributed by atoms with E-state index in [1.54, 1.807) is 24.3 Å². The first kappa shape index (κ1) is 41.2. The zero-order chi connectivity index (χ0) is 37.0. The quantitative estimate of drug-likeness (QED) is 0.0848. The monoisotopic (exact) mass is 748 g/mol. The molecule has 2 N–H and O–H groups in total. The molecule has 0 bridgehead atoms. The molecule has 51 heavy (non-hydrogen) atoms. The molecule has 0 atom stereocenters. The summed E-state index contributed by atoms with van der Waals surface area (Å²) in [4.78, 5) is 21.4. The maximum absolute atomic E-state index is 12.9. The number of benzene rings is 3. The topological polar surface area (TPSA) is 216 Å². The summed E-state index contributed by atoms with van der Waals surface area (Å²) in [7, 11) is -10.7. The summed E-state index contributed by atoms with van der Waals surface area (Å²) < 4.78 is 75.9. The van der Waals surface area contributed by atoms with Crippen molar-refractivity contribution in [2.45, 2.75) is 37.5 Å². The molecule has 0 fully saturated rings. The van der Waals surface area contributed by atoms with E-state index in [9.17, 15) is 46.2 Å². The predicted molar refractivity (Wildman–Crippen MR) is 188 cm³/mol. The van der Waals surface area contributed by atoms with Gasteiger partial charge in [-0.25, -0.2) is 13.0 Å². The first-order valence-corrected chi connectivity index (χ1v) is 18.3. The molecule has 0 aliphatic heterocycles. The number of nitro benzene ring substituents is 2. The molecule has 0 saturated carbocycles. The van der Waals surface area contributed by atoms with Gasteiger partial charge in [0.1, 0.15) is 33.8 Å². The number of hydrogen-bond acceptors (Lipinski definition) is 11. The predicted octanol–water partition coefficient (Wildman–Crippen LogP) is 2.67. The molecule has 1 aliphatic rings. The van der Waals surface area contributed by atoms with Gasteiger partial charge in [-0.1, -0.05) is 12.1 Å². The second-order valence-corrected chi connectivity index (χ2v) is 13.7. The molecule has 0 aromatic heterocycles. The molecule has 4 rings (SSSR count). The van der Waals surface area contributed by atoms with Crippen molar-refractivity contribution >= 4 is 60.0 Å². The van der Waals surface area contributed by atoms with Crippen LogP contribution in [-0.4, -0.2) is 72.3 Å². The van der Waals surface area contributed by atoms with Crippen molar-refractivity contribution in [2.75, 3.05) is 36.4 Å². The fraction of sp³-hybridized carbons (Fsp3) is 0.242. The van der Waals surface area contributed by atoms with Gasteiger partial charge in [0.2, 0.25) is 0 Å². The van der Waals surface area contributed by atoms with Crippen molar-refractivity contribution < 1.29 is 69.9 Å². The Labute approximate surface area is 317 Å². The Bertz CT molecular complexity index is 2170. The fourth-order valence-electron chi connectivity index (χ4n) is 5.64. The Morgan fingerprint density at radius 1 is 0.784 bits per heavy atom. The van der Waals surface area contributed by atoms with Crippen molar-refractivity contribution in [1.29, 1.82) is 0 Å². The van der Waals surface area contributed by atoms with Gasteiger partial charge in [0.25, 0.3) is 21.5 Å². The van der Waals surface area contributed by atoms with E-state index in [0.717, 1.165) is 29.6 Å². The Hall–Kier alpha value is -4.23. The van der Waals surface area contributed by atoms with Crippen LogP contribution in [0.1, 0.15) is 38.8 Å². The molecule has 3 aromatic carbocycles. The number of rotatable bonds is 13. The summed E-state index contributed by atoms with van der Waals surface area (Å²) in [6, 6.07) is 11.1. The molecule has 0 radical (unpaired) electrons. The van der Waals surface area contributed by atoms with E-state index in [-0.39, 0.29) is 40.7 Å². The number of nitrogens with one attached hydrogen (secondary N) is 1. The standard InChI is InChI=1S/C33H35N5O10S2.Na/c1-5-35(6-2)24-13-9-22(10-14-24)33(23-11-15-25(16-12-23)36(7-3)8-4)27-20-29(32(50(46,47)48)21-31(27)49(43,44)45)34-28-18-17-26(37(39)40)19-30(28)38(41)42;/h9-21,34H,5-8H2,1-4H3,(H-,43,44,45,46,47,48);/q;+1. The van der Waals surface area contributed by atoms with Crippen LogP contribution in [0.25, 0.3) is 5.57 Å². The molecule has 1 aliphatic carbocycles. The zero-order valence-electron chi connectivity index (χ0n) is 28.6. The van der Waals surface area contributed by atoms with Crippen LogP contribution in [0.3, 0.4) is 0 Å². The molecule has 0 amide bonds. The third-order valence-electron chi connectivity index (χ3n) is 8.13. The van der Waals surface area contributed by atoms with E-state index < -0.39 is 62.6 Å². The maximum atomic E-state index is 12.9. The molecule has 0 spiro atoms. The van der Waals surface area contributed by atoms with Gasteiger partial charge < -0.3 is 14.8 Å². The van der Waals surface area contributed by atoms with Crippen LogP contribution < -0.4 is 39.8 Å². The summed E-state index contributed by atoms with van der Waals surface area (Å²) in [5.41, 5.74) is 0.162. The van der Waals surface area contributed by atoms with E-state index in [1.807, 2.05) is 52.0 Å². The van der Waals surface area contributed by atoms with Crippen molar-refractivity contribution in [1.82, 2.24) is 0 Å². The Balaban J connectivity index is 0.00000702. The van der Waals surface area contributed by atoms with Gasteiger partial charge in [-0.2, -0.15) is 8.42 Å². The van der Waals surface area contributed by atoms with Gasteiger partial charge in [-0.15, -0.1) is 0 Å². The third-order valence-corrected chi connectivity index (χ3v) is 9.90. The number of hydrogen-bond donors (Lipinski definition) is 2. The zero-order valence-corrected chi connectivity index (χ0v) is 32.2. The molecule has 0 heterocycles. The van der Waals surface area contributed by atoms with Crippen LogP contribution in [0, 0.1) is 20.2 Å². The van der Waals surface area contributed by atoms with E-state index in [0.29, 0.717) is 49.4 Å². The first-order chi connectivity index (χ1) is 23.5. The van der Waals surface area contributed by atoms with Crippen LogP contribution in [0.4, 0.5) is 28.4 Å². The average Bonchev–Trinajstić information content (AvgIpc) is 3.06. The van der Waals surface area contributed by atoms with E-state index >= 15 is 0 Å². The maximum Gasteiger partial charge on any atom is 1.00 e. The minimum Gasteiger partial charge on any atom is -0.744 e. The van der Waals surface area contributed by atoms with Gasteiger partial charge in [0.05, 0.1) is 26.5 Å². The van der Waals surface area contributed by atoms with E-state index in [4.69, 9.17) is 0 Å². The summed E-state index contributed by atoms with van der Waals surface area (Å²) in [5, 5.41) is 25.7. The fourth-order valence-corrected chi connectivity index (χ4v) is 7.06. The summed E-state index contributed by atoms with van der Waals surface area (Å²) >= 11 is 0. The minimum atomic E-state index is -5.49. The van der Waals surface area contributed by atoms with Crippen molar-refractivity contribution in [3.8, 4) is 0 Å². The van der Waals surface area contributed by atoms with Gasteiger partial charge in [-0.3, -0.25) is 24.8 Å². The molecule has 0 unspecified atom stereocenters. The summed E-state index contributed by atoms with van der Waals surface area (Å²) in [6.45, 7) is 10.8. The second kappa shape index (κ2) is 16.9. The number of nitro groups is 2. The Morgan fingerprint density at radius 2 is 1.37 bits per heavy atom. The van der Waals surface area contributed by atoms with Crippen molar-refractivity contribution in [3.63, 3.8) is 0 Å². The molecule has 0 saturated heterocycles. The van der Waals surface area contributed by atoms with Crippen LogP contribution in [0.15, 0.2) is 94.3 Å². The molecule has 3 aromatic rings. The van der Waals surface area contributed by atoms with Crippen LogP contribution >= 0.6 is 0 Å². The number of anilines is 3. The van der Waals surface area contributed by atoms with Crippen molar-refractivity contribution in [3.05, 3.63) is 116 Å². The summed E-state index contributed by atoms with van der Waals surface area (Å²) in [5.74, 6) is 0. The van der Waals surface area contributed by atoms with Crippen molar-refractivity contribution in [2.24, 2.45) is 0 Å². The number of non-ortho nitro benzene ring substituents is 1. The molecule has 15 nitrogen and oxygen atoms in total. The van der Waals surface area contributed by atoms with Gasteiger partial charge >= 0.3 is 29.6 Å². The Kier molecular flexibility index (Phi) is 13.6. The van der Waals surface area contributed by atoms with Gasteiger partial charge in [0.15, 0.2) is 5.71 Å². The Morgan fingerprint density at radius 3 is 1.84 bits per heavy atom. The second-order valence-electron chi connectivity index (χ2n) is 10.9. The smallest absolute Gasteiger partial charge is 0.744 e. The SMILES string of the molecule is CCN(CC)c1ccc(C(=C2C=CC(=[N+](CC)CC)C=C2)c2cc(Nc3ccc([N+](=O)[O-])cc3[N+](=O)[O-])c(S(=O)(=O)[O-])cc2S(=O)(=O)O)cc1.[Na+].